The first kappa shape index (κ1) is 15.6. The maximum atomic E-state index is 10.2. The number of hydrogen-bond acceptors (Lipinski definition) is 6. The summed E-state index contributed by atoms with van der Waals surface area (Å²) in [7, 11) is 2.05. The molecule has 0 spiro atoms. The van der Waals surface area contributed by atoms with Gasteiger partial charge in [-0.1, -0.05) is 6.07 Å². The van der Waals surface area contributed by atoms with Crippen LogP contribution in [0.1, 0.15) is 24.0 Å². The molecule has 1 aliphatic rings. The lowest BCUT2D eigenvalue weighted by atomic mass is 9.97. The largest absolute Gasteiger partial charge is 0.508 e. The lowest BCUT2D eigenvalue weighted by Crippen LogP contribution is -2.21. The van der Waals surface area contributed by atoms with E-state index in [-0.39, 0.29) is 5.75 Å². The summed E-state index contributed by atoms with van der Waals surface area (Å²) < 4.78 is 0. The Hall–Kier alpha value is -2.89. The van der Waals surface area contributed by atoms with Crippen molar-refractivity contribution in [2.24, 2.45) is 0 Å². The molecule has 0 amide bonds. The van der Waals surface area contributed by atoms with Gasteiger partial charge in [0.1, 0.15) is 29.2 Å². The van der Waals surface area contributed by atoms with Crippen molar-refractivity contribution < 1.29 is 5.11 Å². The van der Waals surface area contributed by atoms with Gasteiger partial charge in [0.2, 0.25) is 0 Å². The van der Waals surface area contributed by atoms with Crippen molar-refractivity contribution in [2.45, 2.75) is 32.7 Å². The molecule has 0 aliphatic heterocycles. The number of phenolic OH excluding ortho intramolecular Hbond substituents is 1. The predicted molar refractivity (Wildman–Crippen MR) is 99.7 cm³/mol. The molecule has 0 radical (unpaired) electrons. The van der Waals surface area contributed by atoms with Crippen LogP contribution in [0.3, 0.4) is 0 Å². The second-order valence-corrected chi connectivity index (χ2v) is 6.73. The molecule has 25 heavy (non-hydrogen) atoms. The smallest absolute Gasteiger partial charge is 0.134 e. The normalized spacial score (nSPS) is 14.0. The predicted octanol–water partition coefficient (Wildman–Crippen LogP) is 3.20. The third-order valence-electron chi connectivity index (χ3n) is 4.98. The number of aromatic nitrogens is 3. The Morgan fingerprint density at radius 2 is 1.96 bits per heavy atom. The van der Waals surface area contributed by atoms with Crippen molar-refractivity contribution >= 4 is 22.5 Å². The SMILES string of the molecule is Cc1ccc(O)c(C)c1-c1nc(N(C)C2CC2)cc2c(N)ncnc12. The second kappa shape index (κ2) is 5.58. The van der Waals surface area contributed by atoms with Crippen LogP contribution in [-0.4, -0.2) is 33.1 Å². The number of pyridine rings is 1. The van der Waals surface area contributed by atoms with E-state index in [9.17, 15) is 5.11 Å². The van der Waals surface area contributed by atoms with Gasteiger partial charge in [0, 0.05) is 29.6 Å². The molecule has 0 atom stereocenters. The molecule has 1 fully saturated rings. The van der Waals surface area contributed by atoms with Gasteiger partial charge in [-0.2, -0.15) is 0 Å². The Morgan fingerprint density at radius 3 is 2.68 bits per heavy atom. The summed E-state index contributed by atoms with van der Waals surface area (Å²) in [5, 5.41) is 11.0. The summed E-state index contributed by atoms with van der Waals surface area (Å²) >= 11 is 0. The minimum Gasteiger partial charge on any atom is -0.508 e. The summed E-state index contributed by atoms with van der Waals surface area (Å²) in [5.74, 6) is 1.54. The maximum absolute atomic E-state index is 10.2. The summed E-state index contributed by atoms with van der Waals surface area (Å²) in [6.45, 7) is 3.91. The van der Waals surface area contributed by atoms with E-state index in [1.807, 2.05) is 26.0 Å². The zero-order valence-electron chi connectivity index (χ0n) is 14.6. The van der Waals surface area contributed by atoms with Crippen LogP contribution in [0.4, 0.5) is 11.6 Å². The van der Waals surface area contributed by atoms with Gasteiger partial charge in [-0.15, -0.1) is 0 Å². The Balaban J connectivity index is 2.06. The number of hydrogen-bond donors (Lipinski definition) is 2. The molecule has 3 N–H and O–H groups in total. The lowest BCUT2D eigenvalue weighted by molar-refractivity contribution is 0.471. The van der Waals surface area contributed by atoms with Gasteiger partial charge in [0.05, 0.1) is 5.69 Å². The number of aromatic hydroxyl groups is 1. The molecular formula is C19H21N5O. The van der Waals surface area contributed by atoms with E-state index in [2.05, 4.69) is 21.9 Å². The average molecular weight is 335 g/mol. The van der Waals surface area contributed by atoms with Crippen molar-refractivity contribution in [1.29, 1.82) is 0 Å². The molecule has 2 heterocycles. The van der Waals surface area contributed by atoms with E-state index in [1.54, 1.807) is 6.07 Å². The van der Waals surface area contributed by atoms with Crippen LogP contribution in [0.5, 0.6) is 5.75 Å². The first-order chi connectivity index (χ1) is 12.0. The standard InChI is InChI=1S/C19H21N5O/c1-10-4-7-14(25)11(2)16(10)18-17-13(19(20)22-9-21-17)8-15(23-18)24(3)12-5-6-12/h4,7-9,12,25H,5-6H2,1-3H3,(H2,20,21,22). The zero-order valence-corrected chi connectivity index (χ0v) is 14.6. The van der Waals surface area contributed by atoms with E-state index in [0.29, 0.717) is 17.4 Å². The fourth-order valence-electron chi connectivity index (χ4n) is 3.27. The lowest BCUT2D eigenvalue weighted by Gasteiger charge is -2.20. The summed E-state index contributed by atoms with van der Waals surface area (Å²) in [6, 6.07) is 6.09. The molecule has 6 heteroatoms. The van der Waals surface area contributed by atoms with E-state index >= 15 is 0 Å². The van der Waals surface area contributed by atoms with Crippen LogP contribution in [0.2, 0.25) is 0 Å². The van der Waals surface area contributed by atoms with Gasteiger partial charge in [-0.25, -0.2) is 15.0 Å². The number of fused-ring (bicyclic) bond motifs is 1. The topological polar surface area (TPSA) is 88.2 Å². The highest BCUT2D eigenvalue weighted by molar-refractivity contribution is 5.99. The van der Waals surface area contributed by atoms with Gasteiger partial charge >= 0.3 is 0 Å². The number of phenols is 1. The molecular weight excluding hydrogens is 314 g/mol. The van der Waals surface area contributed by atoms with Crippen LogP contribution in [-0.2, 0) is 0 Å². The number of rotatable bonds is 3. The molecule has 0 saturated heterocycles. The molecule has 3 aromatic rings. The molecule has 4 rings (SSSR count). The summed E-state index contributed by atoms with van der Waals surface area (Å²) in [5.41, 5.74) is 10.3. The number of anilines is 2. The fourth-order valence-corrected chi connectivity index (χ4v) is 3.27. The number of nitrogens with two attached hydrogens (primary N) is 1. The van der Waals surface area contributed by atoms with Gasteiger partial charge < -0.3 is 15.7 Å². The quantitative estimate of drug-likeness (QED) is 0.764. The fraction of sp³-hybridized carbons (Fsp3) is 0.316. The van der Waals surface area contributed by atoms with Gasteiger partial charge in [0.25, 0.3) is 0 Å². The first-order valence-corrected chi connectivity index (χ1v) is 8.41. The maximum Gasteiger partial charge on any atom is 0.134 e. The highest BCUT2D eigenvalue weighted by Gasteiger charge is 2.28. The van der Waals surface area contributed by atoms with E-state index < -0.39 is 0 Å². The monoisotopic (exact) mass is 335 g/mol. The van der Waals surface area contributed by atoms with Crippen LogP contribution in [0.15, 0.2) is 24.5 Å². The number of benzene rings is 1. The minimum absolute atomic E-state index is 0.249. The Labute approximate surface area is 146 Å². The van der Waals surface area contributed by atoms with Crippen LogP contribution < -0.4 is 10.6 Å². The van der Waals surface area contributed by atoms with Gasteiger partial charge in [-0.3, -0.25) is 0 Å². The van der Waals surface area contributed by atoms with Crippen molar-refractivity contribution in [1.82, 2.24) is 15.0 Å². The molecule has 1 saturated carbocycles. The van der Waals surface area contributed by atoms with Crippen LogP contribution >= 0.6 is 0 Å². The molecule has 2 aromatic heterocycles. The van der Waals surface area contributed by atoms with E-state index in [1.165, 1.54) is 19.2 Å². The Morgan fingerprint density at radius 1 is 1.20 bits per heavy atom. The number of nitrogen functional groups attached to an aromatic ring is 1. The third kappa shape index (κ3) is 2.54. The van der Waals surface area contributed by atoms with Crippen molar-refractivity contribution in [3.8, 4) is 17.0 Å². The summed E-state index contributed by atoms with van der Waals surface area (Å²) in [6.07, 6.45) is 3.81. The molecule has 128 valence electrons. The zero-order chi connectivity index (χ0) is 17.7. The highest BCUT2D eigenvalue weighted by atomic mass is 16.3. The van der Waals surface area contributed by atoms with Crippen LogP contribution in [0.25, 0.3) is 22.2 Å². The minimum atomic E-state index is 0.249. The Kier molecular flexibility index (Phi) is 3.49. The highest BCUT2D eigenvalue weighted by Crippen LogP contribution is 2.38. The third-order valence-corrected chi connectivity index (χ3v) is 4.98. The van der Waals surface area contributed by atoms with Crippen molar-refractivity contribution in [3.63, 3.8) is 0 Å². The molecule has 1 aromatic carbocycles. The second-order valence-electron chi connectivity index (χ2n) is 6.73. The van der Waals surface area contributed by atoms with E-state index in [0.717, 1.165) is 33.6 Å². The number of nitrogens with zero attached hydrogens (tertiary/aromatic N) is 4. The Bertz CT molecular complexity index is 981. The number of aryl methyl sites for hydroxylation is 1. The summed E-state index contributed by atoms with van der Waals surface area (Å²) in [4.78, 5) is 15.7. The average Bonchev–Trinajstić information content (AvgIpc) is 3.43. The van der Waals surface area contributed by atoms with Crippen molar-refractivity contribution in [2.75, 3.05) is 17.7 Å². The van der Waals surface area contributed by atoms with Crippen LogP contribution in [0, 0.1) is 13.8 Å². The van der Waals surface area contributed by atoms with E-state index in [4.69, 9.17) is 10.7 Å². The molecule has 1 aliphatic carbocycles. The van der Waals surface area contributed by atoms with Crippen molar-refractivity contribution in [3.05, 3.63) is 35.7 Å². The molecule has 0 unspecified atom stereocenters. The van der Waals surface area contributed by atoms with Gasteiger partial charge in [-0.05, 0) is 44.4 Å². The van der Waals surface area contributed by atoms with Gasteiger partial charge in [0.15, 0.2) is 0 Å². The molecule has 6 nitrogen and oxygen atoms in total. The molecule has 0 bridgehead atoms. The first-order valence-electron chi connectivity index (χ1n) is 8.41.